The van der Waals surface area contributed by atoms with Gasteiger partial charge in [0, 0.05) is 0 Å². The number of carbonyl (C=O) groups excluding carboxylic acids is 2. The summed E-state index contributed by atoms with van der Waals surface area (Å²) in [5.41, 5.74) is 3.40. The number of hydrogen-bond acceptors (Lipinski definition) is 5. The Bertz CT molecular complexity index is 808. The second kappa shape index (κ2) is 8.35. The number of esters is 1. The number of carbonyl (C=O) groups is 2. The van der Waals surface area contributed by atoms with Crippen LogP contribution in [0.15, 0.2) is 30.3 Å². The lowest BCUT2D eigenvalue weighted by atomic mass is 9.97. The molecular formula is C20H26N4O3. The maximum Gasteiger partial charge on any atom is 0.308 e. The smallest absolute Gasteiger partial charge is 0.308 e. The highest BCUT2D eigenvalue weighted by Gasteiger charge is 2.26. The molecule has 2 aromatic rings. The van der Waals surface area contributed by atoms with Gasteiger partial charge in [-0.05, 0) is 51.9 Å². The third kappa shape index (κ3) is 4.36. The van der Waals surface area contributed by atoms with E-state index in [0.717, 1.165) is 35.6 Å². The van der Waals surface area contributed by atoms with E-state index in [4.69, 9.17) is 4.74 Å². The molecule has 144 valence electrons. The van der Waals surface area contributed by atoms with E-state index in [0.29, 0.717) is 19.6 Å². The lowest BCUT2D eigenvalue weighted by Gasteiger charge is -2.29. The number of nitrogens with one attached hydrogen (secondary N) is 1. The number of nitrogens with zero attached hydrogens (tertiary/aromatic N) is 3. The minimum atomic E-state index is -0.154. The Morgan fingerprint density at radius 2 is 1.85 bits per heavy atom. The van der Waals surface area contributed by atoms with E-state index in [1.54, 1.807) is 0 Å². The van der Waals surface area contributed by atoms with Crippen LogP contribution in [0.3, 0.4) is 0 Å². The predicted molar refractivity (Wildman–Crippen MR) is 103 cm³/mol. The van der Waals surface area contributed by atoms with Crippen molar-refractivity contribution in [2.24, 2.45) is 5.92 Å². The Labute approximate surface area is 159 Å². The average molecular weight is 370 g/mol. The number of benzene rings is 1. The number of anilines is 1. The van der Waals surface area contributed by atoms with E-state index in [2.05, 4.69) is 15.3 Å². The zero-order chi connectivity index (χ0) is 19.4. The summed E-state index contributed by atoms with van der Waals surface area (Å²) in [5.74, 6) is -0.271. The van der Waals surface area contributed by atoms with Crippen molar-refractivity contribution in [2.75, 3.05) is 32.1 Å². The number of rotatable bonds is 5. The van der Waals surface area contributed by atoms with Crippen molar-refractivity contribution in [3.63, 3.8) is 0 Å². The molecule has 1 aromatic carbocycles. The molecule has 1 aliphatic rings. The first-order valence-corrected chi connectivity index (χ1v) is 9.21. The molecule has 0 radical (unpaired) electrons. The van der Waals surface area contributed by atoms with Crippen molar-refractivity contribution in [3.05, 3.63) is 41.7 Å². The molecule has 0 aliphatic carbocycles. The van der Waals surface area contributed by atoms with Crippen LogP contribution in [0.4, 0.5) is 5.69 Å². The predicted octanol–water partition coefficient (Wildman–Crippen LogP) is 2.31. The molecule has 7 heteroatoms. The van der Waals surface area contributed by atoms with E-state index >= 15 is 0 Å². The van der Waals surface area contributed by atoms with Crippen molar-refractivity contribution in [1.29, 1.82) is 0 Å². The van der Waals surface area contributed by atoms with Crippen LogP contribution in [-0.2, 0) is 14.3 Å². The molecule has 3 rings (SSSR count). The van der Waals surface area contributed by atoms with Crippen LogP contribution in [0.2, 0.25) is 0 Å². The average Bonchev–Trinajstić information content (AvgIpc) is 2.97. The monoisotopic (exact) mass is 370 g/mol. The van der Waals surface area contributed by atoms with Crippen LogP contribution >= 0.6 is 0 Å². The van der Waals surface area contributed by atoms with E-state index in [1.807, 2.05) is 48.9 Å². The number of para-hydroxylation sites is 1. The molecule has 0 atom stereocenters. The summed E-state index contributed by atoms with van der Waals surface area (Å²) < 4.78 is 6.64. The number of aryl methyl sites for hydroxylation is 1. The Balaban J connectivity index is 1.61. The molecule has 1 saturated heterocycles. The van der Waals surface area contributed by atoms with Crippen LogP contribution in [0.1, 0.15) is 24.2 Å². The van der Waals surface area contributed by atoms with Crippen LogP contribution in [0.5, 0.6) is 0 Å². The summed E-state index contributed by atoms with van der Waals surface area (Å²) in [5, 5.41) is 7.56. The topological polar surface area (TPSA) is 76.5 Å². The molecule has 1 aromatic heterocycles. The van der Waals surface area contributed by atoms with Crippen LogP contribution in [0.25, 0.3) is 5.69 Å². The fourth-order valence-corrected chi connectivity index (χ4v) is 3.52. The van der Waals surface area contributed by atoms with E-state index in [-0.39, 0.29) is 17.8 Å². The minimum absolute atomic E-state index is 0.0529. The summed E-state index contributed by atoms with van der Waals surface area (Å²) in [6, 6.07) is 9.85. The zero-order valence-corrected chi connectivity index (χ0v) is 16.1. The molecule has 0 bridgehead atoms. The minimum Gasteiger partial charge on any atom is -0.469 e. The highest BCUT2D eigenvalue weighted by Crippen LogP contribution is 2.23. The van der Waals surface area contributed by atoms with Gasteiger partial charge in [0.15, 0.2) is 0 Å². The maximum atomic E-state index is 12.5. The number of methoxy groups -OCH3 is 1. The van der Waals surface area contributed by atoms with E-state index in [1.165, 1.54) is 7.11 Å². The van der Waals surface area contributed by atoms with Gasteiger partial charge in [0.25, 0.3) is 0 Å². The number of amides is 1. The summed E-state index contributed by atoms with van der Waals surface area (Å²) in [4.78, 5) is 26.2. The number of piperidine rings is 1. The summed E-state index contributed by atoms with van der Waals surface area (Å²) in [6.07, 6.45) is 1.45. The van der Waals surface area contributed by atoms with Crippen LogP contribution < -0.4 is 5.32 Å². The zero-order valence-electron chi connectivity index (χ0n) is 16.1. The third-order valence-corrected chi connectivity index (χ3v) is 5.05. The van der Waals surface area contributed by atoms with Crippen molar-refractivity contribution in [3.8, 4) is 5.69 Å². The Hall–Kier alpha value is -2.67. The number of hydrogen-bond donors (Lipinski definition) is 1. The van der Waals surface area contributed by atoms with Crippen molar-refractivity contribution < 1.29 is 14.3 Å². The summed E-state index contributed by atoms with van der Waals surface area (Å²) in [6.45, 7) is 5.58. The highest BCUT2D eigenvalue weighted by atomic mass is 16.5. The van der Waals surface area contributed by atoms with Crippen LogP contribution in [0, 0.1) is 19.8 Å². The number of aromatic nitrogens is 2. The van der Waals surface area contributed by atoms with Gasteiger partial charge in [-0.2, -0.15) is 5.10 Å². The molecule has 2 heterocycles. The number of likely N-dealkylation sites (tertiary alicyclic amines) is 1. The third-order valence-electron chi connectivity index (χ3n) is 5.05. The molecular weight excluding hydrogens is 344 g/mol. The molecule has 0 spiro atoms. The molecule has 7 nitrogen and oxygen atoms in total. The van der Waals surface area contributed by atoms with Gasteiger partial charge in [-0.25, -0.2) is 4.68 Å². The van der Waals surface area contributed by atoms with E-state index < -0.39 is 0 Å². The Morgan fingerprint density at radius 3 is 2.48 bits per heavy atom. The fraction of sp³-hybridized carbons (Fsp3) is 0.450. The Kier molecular flexibility index (Phi) is 5.91. The standard InChI is InChI=1S/C20H26N4O3/c1-14-19(15(2)24(22-14)17-7-5-4-6-8-17)21-18(25)13-23-11-9-16(10-12-23)20(26)27-3/h4-8,16H,9-13H2,1-3H3,(H,21,25). The van der Waals surface area contributed by atoms with Crippen molar-refractivity contribution in [1.82, 2.24) is 14.7 Å². The quantitative estimate of drug-likeness (QED) is 0.818. The molecule has 27 heavy (non-hydrogen) atoms. The fourth-order valence-electron chi connectivity index (χ4n) is 3.52. The van der Waals surface area contributed by atoms with Gasteiger partial charge in [0.1, 0.15) is 0 Å². The first-order chi connectivity index (χ1) is 13.0. The summed E-state index contributed by atoms with van der Waals surface area (Å²) in [7, 11) is 1.42. The lowest BCUT2D eigenvalue weighted by Crippen LogP contribution is -2.41. The van der Waals surface area contributed by atoms with Crippen LogP contribution in [-0.4, -0.2) is 53.3 Å². The molecule has 1 N–H and O–H groups in total. The molecule has 1 aliphatic heterocycles. The van der Waals surface area contributed by atoms with Crippen molar-refractivity contribution in [2.45, 2.75) is 26.7 Å². The van der Waals surface area contributed by atoms with Gasteiger partial charge < -0.3 is 10.1 Å². The summed E-state index contributed by atoms with van der Waals surface area (Å²) >= 11 is 0. The molecule has 0 saturated carbocycles. The van der Waals surface area contributed by atoms with Crippen molar-refractivity contribution >= 4 is 17.6 Å². The number of ether oxygens (including phenoxy) is 1. The SMILES string of the molecule is COC(=O)C1CCN(CC(=O)Nc2c(C)nn(-c3ccccc3)c2C)CC1. The normalized spacial score (nSPS) is 15.5. The highest BCUT2D eigenvalue weighted by molar-refractivity contribution is 5.93. The second-order valence-electron chi connectivity index (χ2n) is 6.91. The van der Waals surface area contributed by atoms with E-state index in [9.17, 15) is 9.59 Å². The van der Waals surface area contributed by atoms with Gasteiger partial charge in [-0.15, -0.1) is 0 Å². The van der Waals surface area contributed by atoms with Gasteiger partial charge in [0.05, 0.1) is 42.3 Å². The lowest BCUT2D eigenvalue weighted by molar-refractivity contribution is -0.147. The first kappa shape index (κ1) is 19.1. The first-order valence-electron chi connectivity index (χ1n) is 9.21. The molecule has 0 unspecified atom stereocenters. The van der Waals surface area contributed by atoms with Gasteiger partial charge in [0.2, 0.25) is 5.91 Å². The van der Waals surface area contributed by atoms with Gasteiger partial charge in [-0.1, -0.05) is 18.2 Å². The second-order valence-corrected chi connectivity index (χ2v) is 6.91. The maximum absolute atomic E-state index is 12.5. The Morgan fingerprint density at radius 1 is 1.19 bits per heavy atom. The molecule has 1 amide bonds. The van der Waals surface area contributed by atoms with Gasteiger partial charge >= 0.3 is 5.97 Å². The molecule has 1 fully saturated rings. The van der Waals surface area contributed by atoms with Gasteiger partial charge in [-0.3, -0.25) is 14.5 Å². The largest absolute Gasteiger partial charge is 0.469 e.